The summed E-state index contributed by atoms with van der Waals surface area (Å²) in [4.78, 5) is 10.0. The molecule has 8 heteroatoms. The number of nitro groups is 1. The van der Waals surface area contributed by atoms with Gasteiger partial charge in [0.05, 0.1) is 20.9 Å². The van der Waals surface area contributed by atoms with Gasteiger partial charge in [0.1, 0.15) is 6.07 Å². The third-order valence-electron chi connectivity index (χ3n) is 3.04. The van der Waals surface area contributed by atoms with Gasteiger partial charge in [0, 0.05) is 24.9 Å². The number of benzene rings is 1. The molecule has 1 rings (SSSR count). The Bertz CT molecular complexity index is 674. The van der Waals surface area contributed by atoms with E-state index in [2.05, 4.69) is 5.32 Å². The van der Waals surface area contributed by atoms with Crippen molar-refractivity contribution in [2.45, 2.75) is 18.6 Å². The fourth-order valence-corrected chi connectivity index (χ4v) is 1.67. The molecule has 0 saturated carbocycles. The van der Waals surface area contributed by atoms with E-state index in [9.17, 15) is 18.5 Å². The van der Waals surface area contributed by atoms with Crippen LogP contribution in [0.5, 0.6) is 0 Å². The van der Waals surface area contributed by atoms with Crippen LogP contribution < -0.4 is 5.32 Å². The fourth-order valence-electron chi connectivity index (χ4n) is 1.33. The van der Waals surface area contributed by atoms with E-state index in [0.29, 0.717) is 5.69 Å². The lowest BCUT2D eigenvalue weighted by Crippen LogP contribution is -2.38. The predicted octanol–water partition coefficient (Wildman–Crippen LogP) is 1.70. The highest BCUT2D eigenvalue weighted by Crippen LogP contribution is 2.23. The van der Waals surface area contributed by atoms with E-state index in [0.717, 1.165) is 12.3 Å². The number of nitriles is 1. The highest BCUT2D eigenvalue weighted by atomic mass is 32.2. The summed E-state index contributed by atoms with van der Waals surface area (Å²) in [6, 6.07) is 5.66. The van der Waals surface area contributed by atoms with Gasteiger partial charge in [-0.2, -0.15) is 5.26 Å². The van der Waals surface area contributed by atoms with Gasteiger partial charge in [0.2, 0.25) is 0 Å². The van der Waals surface area contributed by atoms with Crippen molar-refractivity contribution < 1.29 is 13.3 Å². The van der Waals surface area contributed by atoms with Crippen molar-refractivity contribution in [3.8, 4) is 6.07 Å². The molecule has 7 nitrogen and oxygen atoms in total. The topological polar surface area (TPSA) is 113 Å². The largest absolute Gasteiger partial charge is 0.382 e. The van der Waals surface area contributed by atoms with E-state index in [1.54, 1.807) is 13.8 Å². The number of hydrogen-bond acceptors (Lipinski definition) is 6. The van der Waals surface area contributed by atoms with E-state index in [1.807, 2.05) is 6.07 Å². The maximum atomic E-state index is 11.6. The molecule has 1 aromatic carbocycles. The molecule has 0 radical (unpaired) electrons. The van der Waals surface area contributed by atoms with Crippen LogP contribution in [0.3, 0.4) is 0 Å². The molecule has 0 bridgehead atoms. The third-order valence-corrected chi connectivity index (χ3v) is 5.19. The standard InChI is InChI=1S/C12H15N3O4S/c1-12(2,20(3,18)19)8-14-11-5-4-10(15(16)17)6-9(11)7-13/h4-6,14H,8H2,1-3H3. The molecule has 1 aromatic rings. The van der Waals surface area contributed by atoms with Gasteiger partial charge in [-0.05, 0) is 19.9 Å². The Hall–Kier alpha value is -2.14. The highest BCUT2D eigenvalue weighted by Gasteiger charge is 2.30. The molecule has 0 atom stereocenters. The average Bonchev–Trinajstić information content (AvgIpc) is 2.34. The molecule has 20 heavy (non-hydrogen) atoms. The molecule has 0 heterocycles. The zero-order chi connectivity index (χ0) is 15.6. The molecule has 0 amide bonds. The van der Waals surface area contributed by atoms with Crippen LogP contribution in [-0.2, 0) is 9.84 Å². The predicted molar refractivity (Wildman–Crippen MR) is 75.2 cm³/mol. The second-order valence-corrected chi connectivity index (χ2v) is 7.63. The Kier molecular flexibility index (Phi) is 4.35. The zero-order valence-electron chi connectivity index (χ0n) is 11.4. The van der Waals surface area contributed by atoms with Crippen molar-refractivity contribution in [2.75, 3.05) is 18.1 Å². The Balaban J connectivity index is 3.01. The first kappa shape index (κ1) is 15.9. The number of nitrogens with one attached hydrogen (secondary N) is 1. The monoisotopic (exact) mass is 297 g/mol. The van der Waals surface area contributed by atoms with Gasteiger partial charge < -0.3 is 5.32 Å². The molecule has 0 aliphatic rings. The van der Waals surface area contributed by atoms with Crippen LogP contribution in [0.4, 0.5) is 11.4 Å². The van der Waals surface area contributed by atoms with E-state index in [1.165, 1.54) is 12.1 Å². The molecule has 0 aliphatic carbocycles. The number of sulfone groups is 1. The summed E-state index contributed by atoms with van der Waals surface area (Å²) in [6.45, 7) is 3.22. The van der Waals surface area contributed by atoms with Crippen molar-refractivity contribution in [3.05, 3.63) is 33.9 Å². The minimum atomic E-state index is -3.27. The highest BCUT2D eigenvalue weighted by molar-refractivity contribution is 7.92. The summed E-state index contributed by atoms with van der Waals surface area (Å²) >= 11 is 0. The first-order valence-electron chi connectivity index (χ1n) is 5.70. The van der Waals surface area contributed by atoms with Crippen LogP contribution in [0.25, 0.3) is 0 Å². The maximum Gasteiger partial charge on any atom is 0.270 e. The Morgan fingerprint density at radius 2 is 2.05 bits per heavy atom. The lowest BCUT2D eigenvalue weighted by molar-refractivity contribution is -0.384. The van der Waals surface area contributed by atoms with Gasteiger partial charge in [-0.15, -0.1) is 0 Å². The van der Waals surface area contributed by atoms with Crippen molar-refractivity contribution in [3.63, 3.8) is 0 Å². The van der Waals surface area contributed by atoms with Crippen molar-refractivity contribution in [2.24, 2.45) is 0 Å². The minimum absolute atomic E-state index is 0.0956. The van der Waals surface area contributed by atoms with Crippen LogP contribution >= 0.6 is 0 Å². The molecule has 0 fully saturated rings. The van der Waals surface area contributed by atoms with Gasteiger partial charge in [-0.25, -0.2) is 8.42 Å². The van der Waals surface area contributed by atoms with Gasteiger partial charge in [-0.1, -0.05) is 0 Å². The number of nitrogens with zero attached hydrogens (tertiary/aromatic N) is 2. The Labute approximate surface area is 117 Å². The minimum Gasteiger partial charge on any atom is -0.382 e. The maximum absolute atomic E-state index is 11.6. The van der Waals surface area contributed by atoms with E-state index in [-0.39, 0.29) is 17.8 Å². The van der Waals surface area contributed by atoms with Crippen molar-refractivity contribution in [1.29, 1.82) is 5.26 Å². The fraction of sp³-hybridized carbons (Fsp3) is 0.417. The van der Waals surface area contributed by atoms with Crippen molar-refractivity contribution >= 4 is 21.2 Å². The van der Waals surface area contributed by atoms with Crippen molar-refractivity contribution in [1.82, 2.24) is 0 Å². The second kappa shape index (κ2) is 5.46. The quantitative estimate of drug-likeness (QED) is 0.653. The third kappa shape index (κ3) is 3.45. The van der Waals surface area contributed by atoms with E-state index >= 15 is 0 Å². The van der Waals surface area contributed by atoms with Crippen LogP contribution in [0.15, 0.2) is 18.2 Å². The van der Waals surface area contributed by atoms with Crippen LogP contribution in [0, 0.1) is 21.4 Å². The lowest BCUT2D eigenvalue weighted by atomic mass is 10.1. The smallest absolute Gasteiger partial charge is 0.270 e. The molecule has 0 unspecified atom stereocenters. The number of hydrogen-bond donors (Lipinski definition) is 1. The van der Waals surface area contributed by atoms with Gasteiger partial charge in [0.25, 0.3) is 5.69 Å². The van der Waals surface area contributed by atoms with E-state index in [4.69, 9.17) is 5.26 Å². The van der Waals surface area contributed by atoms with Crippen LogP contribution in [0.2, 0.25) is 0 Å². The molecule has 0 aliphatic heterocycles. The van der Waals surface area contributed by atoms with Gasteiger partial charge in [-0.3, -0.25) is 10.1 Å². The molecule has 0 saturated heterocycles. The first-order valence-corrected chi connectivity index (χ1v) is 7.59. The summed E-state index contributed by atoms with van der Waals surface area (Å²) < 4.78 is 22.1. The molecule has 0 aromatic heterocycles. The Morgan fingerprint density at radius 1 is 1.45 bits per heavy atom. The van der Waals surface area contributed by atoms with Gasteiger partial charge >= 0.3 is 0 Å². The molecule has 108 valence electrons. The summed E-state index contributed by atoms with van der Waals surface area (Å²) in [5, 5.41) is 22.5. The van der Waals surface area contributed by atoms with Crippen LogP contribution in [0.1, 0.15) is 19.4 Å². The second-order valence-electron chi connectivity index (χ2n) is 4.98. The number of nitro benzene ring substituents is 1. The van der Waals surface area contributed by atoms with Gasteiger partial charge in [0.15, 0.2) is 9.84 Å². The Morgan fingerprint density at radius 3 is 2.50 bits per heavy atom. The summed E-state index contributed by atoms with van der Waals surface area (Å²) in [5.41, 5.74) is 0.285. The molecule has 1 N–H and O–H groups in total. The summed E-state index contributed by atoms with van der Waals surface area (Å²) in [5.74, 6) is 0. The molecular formula is C12H15N3O4S. The van der Waals surface area contributed by atoms with E-state index < -0.39 is 19.5 Å². The molecule has 0 spiro atoms. The zero-order valence-corrected chi connectivity index (χ0v) is 12.2. The number of anilines is 1. The molecular weight excluding hydrogens is 282 g/mol. The normalized spacial score (nSPS) is 11.7. The van der Waals surface area contributed by atoms with Crippen LogP contribution in [-0.4, -0.2) is 30.9 Å². The summed E-state index contributed by atoms with van der Waals surface area (Å²) in [7, 11) is -3.27. The number of rotatable bonds is 5. The lowest BCUT2D eigenvalue weighted by Gasteiger charge is -2.23. The number of non-ortho nitro benzene ring substituents is 1. The first-order chi connectivity index (χ1) is 9.08. The SMILES string of the molecule is CC(C)(CNc1ccc([N+](=O)[O-])cc1C#N)S(C)(=O)=O. The average molecular weight is 297 g/mol. The summed E-state index contributed by atoms with van der Waals surface area (Å²) in [6.07, 6.45) is 1.13.